The molecule has 1 fully saturated rings. The van der Waals surface area contributed by atoms with E-state index in [0.717, 1.165) is 11.1 Å². The van der Waals surface area contributed by atoms with Gasteiger partial charge in [0, 0.05) is 25.6 Å². The average Bonchev–Trinajstić information content (AvgIpc) is 3.28. The number of aryl methyl sites for hydroxylation is 2. The highest BCUT2D eigenvalue weighted by Gasteiger charge is 2.37. The van der Waals surface area contributed by atoms with Gasteiger partial charge in [-0.05, 0) is 56.9 Å². The molecular weight excluding hydrogens is 493 g/mol. The number of aromatic nitrogens is 1. The molecule has 0 radical (unpaired) electrons. The number of rotatable bonds is 8. The molecule has 0 spiro atoms. The van der Waals surface area contributed by atoms with Gasteiger partial charge in [0.25, 0.3) is 0 Å². The zero-order chi connectivity index (χ0) is 26.6. The maximum Gasteiger partial charge on any atom is 0.248 e. The Kier molecular flexibility index (Phi) is 8.24. The molecule has 9 heteroatoms. The van der Waals surface area contributed by atoms with E-state index >= 15 is 0 Å². The Morgan fingerprint density at radius 1 is 1.11 bits per heavy atom. The normalized spacial score (nSPS) is 15.4. The molecule has 0 bridgehead atoms. The highest BCUT2D eigenvalue weighted by atomic mass is 32.2. The molecule has 2 heterocycles. The van der Waals surface area contributed by atoms with E-state index in [-0.39, 0.29) is 47.0 Å². The second kappa shape index (κ2) is 11.4. The third kappa shape index (κ3) is 5.83. The summed E-state index contributed by atoms with van der Waals surface area (Å²) in [5.41, 5.74) is 2.59. The van der Waals surface area contributed by atoms with Gasteiger partial charge >= 0.3 is 0 Å². The number of piperidine rings is 1. The summed E-state index contributed by atoms with van der Waals surface area (Å²) < 4.78 is 48.3. The van der Waals surface area contributed by atoms with Crippen molar-refractivity contribution in [3.63, 3.8) is 0 Å². The van der Waals surface area contributed by atoms with Crippen molar-refractivity contribution in [2.45, 2.75) is 44.9 Å². The van der Waals surface area contributed by atoms with Crippen LogP contribution in [0.25, 0.3) is 12.2 Å². The van der Waals surface area contributed by atoms with Gasteiger partial charge in [0.1, 0.15) is 11.5 Å². The molecule has 0 atom stereocenters. The quantitative estimate of drug-likeness (QED) is 0.391. The maximum absolute atomic E-state index is 14.4. The van der Waals surface area contributed by atoms with Crippen molar-refractivity contribution >= 4 is 33.8 Å². The number of nitrogens with zero attached hydrogens (tertiary/aromatic N) is 3. The average molecular weight is 526 g/mol. The lowest BCUT2D eigenvalue weighted by molar-refractivity contribution is -0.123. The fourth-order valence-corrected chi connectivity index (χ4v) is 6.30. The lowest BCUT2D eigenvalue weighted by Gasteiger charge is -2.33. The van der Waals surface area contributed by atoms with Crippen LogP contribution in [0.2, 0.25) is 0 Å². The summed E-state index contributed by atoms with van der Waals surface area (Å²) in [6.07, 6.45) is 4.79. The first-order chi connectivity index (χ1) is 17.7. The second-order valence-electron chi connectivity index (χ2n) is 9.33. The van der Waals surface area contributed by atoms with Gasteiger partial charge in [0.05, 0.1) is 5.69 Å². The summed E-state index contributed by atoms with van der Waals surface area (Å²) in [7, 11) is -3.89. The molecule has 1 aromatic heterocycles. The SMILES string of the molecule is CCCN(C(=O)C1CCN(S(=O)(=O)c2c(C)noc2C=Cc2ccc(C)cc2)CC1)c1ccccc1F. The van der Waals surface area contributed by atoms with Crippen LogP contribution in [0.4, 0.5) is 10.1 Å². The van der Waals surface area contributed by atoms with E-state index < -0.39 is 15.8 Å². The van der Waals surface area contributed by atoms with E-state index in [2.05, 4.69) is 5.16 Å². The van der Waals surface area contributed by atoms with E-state index in [9.17, 15) is 17.6 Å². The van der Waals surface area contributed by atoms with Gasteiger partial charge < -0.3 is 9.42 Å². The molecule has 1 aliphatic heterocycles. The summed E-state index contributed by atoms with van der Waals surface area (Å²) in [6.45, 7) is 6.30. The molecule has 3 aromatic rings. The Bertz CT molecular complexity index is 1370. The van der Waals surface area contributed by atoms with Crippen molar-refractivity contribution in [2.24, 2.45) is 5.92 Å². The van der Waals surface area contributed by atoms with E-state index in [1.807, 2.05) is 38.1 Å². The lowest BCUT2D eigenvalue weighted by Crippen LogP contribution is -2.45. The first-order valence-electron chi connectivity index (χ1n) is 12.5. The molecule has 196 valence electrons. The minimum absolute atomic E-state index is 0.0413. The van der Waals surface area contributed by atoms with Crippen LogP contribution in [0.3, 0.4) is 0 Å². The smallest absolute Gasteiger partial charge is 0.248 e. The molecule has 0 saturated carbocycles. The third-order valence-electron chi connectivity index (χ3n) is 6.60. The zero-order valence-corrected chi connectivity index (χ0v) is 22.2. The minimum Gasteiger partial charge on any atom is -0.355 e. The standard InChI is InChI=1S/C28H32FN3O4S/c1-4-17-32(25-8-6-5-7-24(25)29)28(33)23-15-18-31(19-16-23)37(34,35)27-21(3)30-36-26(27)14-13-22-11-9-20(2)10-12-22/h5-14,23H,4,15-19H2,1-3H3. The summed E-state index contributed by atoms with van der Waals surface area (Å²) in [5.74, 6) is -0.836. The van der Waals surface area contributed by atoms with Crippen molar-refractivity contribution in [3.05, 3.63) is 76.9 Å². The molecule has 0 unspecified atom stereocenters. The van der Waals surface area contributed by atoms with E-state index in [0.29, 0.717) is 25.8 Å². The molecule has 2 aromatic carbocycles. The molecule has 1 aliphatic rings. The van der Waals surface area contributed by atoms with Crippen LogP contribution in [0.1, 0.15) is 48.8 Å². The number of anilines is 1. The second-order valence-corrected chi connectivity index (χ2v) is 11.2. The van der Waals surface area contributed by atoms with Gasteiger partial charge in [0.2, 0.25) is 15.9 Å². The molecule has 0 N–H and O–H groups in total. The number of benzene rings is 2. The number of carbonyl (C=O) groups is 1. The Labute approximate surface area is 217 Å². The van der Waals surface area contributed by atoms with Crippen LogP contribution in [0.15, 0.2) is 57.9 Å². The van der Waals surface area contributed by atoms with Gasteiger partial charge in [-0.3, -0.25) is 4.79 Å². The zero-order valence-electron chi connectivity index (χ0n) is 21.4. The van der Waals surface area contributed by atoms with Crippen LogP contribution in [-0.2, 0) is 14.8 Å². The van der Waals surface area contributed by atoms with Crippen LogP contribution in [0.5, 0.6) is 0 Å². The Balaban J connectivity index is 1.49. The molecule has 1 amide bonds. The number of halogens is 1. The summed E-state index contributed by atoms with van der Waals surface area (Å²) in [6, 6.07) is 14.1. The summed E-state index contributed by atoms with van der Waals surface area (Å²) >= 11 is 0. The lowest BCUT2D eigenvalue weighted by atomic mass is 9.96. The summed E-state index contributed by atoms with van der Waals surface area (Å²) in [5, 5.41) is 3.90. The number of amides is 1. The molecule has 37 heavy (non-hydrogen) atoms. The number of para-hydroxylation sites is 1. The van der Waals surface area contributed by atoms with Crippen molar-refractivity contribution in [1.29, 1.82) is 0 Å². The first kappa shape index (κ1) is 26.8. The number of hydrogen-bond donors (Lipinski definition) is 0. The van der Waals surface area contributed by atoms with Gasteiger partial charge in [-0.1, -0.05) is 60.1 Å². The number of carbonyl (C=O) groups excluding carboxylic acids is 1. The van der Waals surface area contributed by atoms with Crippen LogP contribution >= 0.6 is 0 Å². The monoisotopic (exact) mass is 525 g/mol. The van der Waals surface area contributed by atoms with Crippen molar-refractivity contribution in [2.75, 3.05) is 24.5 Å². The highest BCUT2D eigenvalue weighted by molar-refractivity contribution is 7.89. The van der Waals surface area contributed by atoms with E-state index in [1.54, 1.807) is 37.3 Å². The molecule has 0 aliphatic carbocycles. The third-order valence-corrected chi connectivity index (χ3v) is 8.65. The predicted molar refractivity (Wildman–Crippen MR) is 142 cm³/mol. The van der Waals surface area contributed by atoms with Crippen LogP contribution < -0.4 is 4.90 Å². The molecular formula is C28H32FN3O4S. The van der Waals surface area contributed by atoms with E-state index in [4.69, 9.17) is 4.52 Å². The first-order valence-corrected chi connectivity index (χ1v) is 13.9. The Morgan fingerprint density at radius 3 is 2.43 bits per heavy atom. The fraction of sp³-hybridized carbons (Fsp3) is 0.357. The fourth-order valence-electron chi connectivity index (χ4n) is 4.58. The largest absolute Gasteiger partial charge is 0.355 e. The minimum atomic E-state index is -3.89. The van der Waals surface area contributed by atoms with E-state index in [1.165, 1.54) is 15.3 Å². The van der Waals surface area contributed by atoms with Crippen LogP contribution in [0, 0.1) is 25.6 Å². The number of hydrogen-bond acceptors (Lipinski definition) is 5. The molecule has 1 saturated heterocycles. The predicted octanol–water partition coefficient (Wildman–Crippen LogP) is 5.44. The number of sulfonamides is 1. The Hall–Kier alpha value is -3.30. The van der Waals surface area contributed by atoms with Gasteiger partial charge in [-0.25, -0.2) is 12.8 Å². The highest BCUT2D eigenvalue weighted by Crippen LogP contribution is 2.31. The van der Waals surface area contributed by atoms with Crippen molar-refractivity contribution in [1.82, 2.24) is 9.46 Å². The van der Waals surface area contributed by atoms with Crippen LogP contribution in [-0.4, -0.2) is 43.4 Å². The molecule has 4 rings (SSSR count). The van der Waals surface area contributed by atoms with Gasteiger partial charge in [-0.2, -0.15) is 4.31 Å². The van der Waals surface area contributed by atoms with Gasteiger partial charge in [-0.15, -0.1) is 0 Å². The topological polar surface area (TPSA) is 83.7 Å². The van der Waals surface area contributed by atoms with Crippen molar-refractivity contribution in [3.8, 4) is 0 Å². The van der Waals surface area contributed by atoms with Gasteiger partial charge in [0.15, 0.2) is 10.7 Å². The Morgan fingerprint density at radius 2 is 1.78 bits per heavy atom. The molecule has 7 nitrogen and oxygen atoms in total. The summed E-state index contributed by atoms with van der Waals surface area (Å²) in [4.78, 5) is 14.9. The van der Waals surface area contributed by atoms with Crippen molar-refractivity contribution < 1.29 is 22.1 Å². The maximum atomic E-state index is 14.4.